The highest BCUT2D eigenvalue weighted by atomic mass is 35.5. The summed E-state index contributed by atoms with van der Waals surface area (Å²) in [5.74, 6) is 0.696. The Bertz CT molecular complexity index is 1080. The molecule has 25 heavy (non-hydrogen) atoms. The van der Waals surface area contributed by atoms with E-state index in [1.54, 1.807) is 0 Å². The van der Waals surface area contributed by atoms with Crippen molar-refractivity contribution in [3.8, 4) is 22.5 Å². The molecule has 0 radical (unpaired) electrons. The van der Waals surface area contributed by atoms with Gasteiger partial charge in [0.2, 0.25) is 0 Å². The molecule has 0 fully saturated rings. The van der Waals surface area contributed by atoms with Crippen LogP contribution in [0.4, 0.5) is 0 Å². The lowest BCUT2D eigenvalue weighted by Crippen LogP contribution is -1.81. The Kier molecular flexibility index (Phi) is 4.24. The van der Waals surface area contributed by atoms with Gasteiger partial charge >= 0.3 is 0 Å². The zero-order valence-corrected chi connectivity index (χ0v) is 15.6. The number of hydrogen-bond donors (Lipinski definition) is 0. The summed E-state index contributed by atoms with van der Waals surface area (Å²) in [6, 6.07) is 19.3. The smallest absolute Gasteiger partial charge is 0.141 e. The van der Waals surface area contributed by atoms with Gasteiger partial charge in [0.1, 0.15) is 11.3 Å². The summed E-state index contributed by atoms with van der Waals surface area (Å²) in [6.07, 6.45) is 0. The minimum Gasteiger partial charge on any atom is -0.456 e. The first-order chi connectivity index (χ1) is 12.1. The van der Waals surface area contributed by atoms with Gasteiger partial charge in [-0.05, 0) is 36.8 Å². The third-order valence-corrected chi connectivity index (χ3v) is 5.27. The van der Waals surface area contributed by atoms with Crippen LogP contribution in [-0.2, 0) is 0 Å². The van der Waals surface area contributed by atoms with Gasteiger partial charge in [-0.3, -0.25) is 0 Å². The highest BCUT2D eigenvalue weighted by Gasteiger charge is 2.18. The maximum atomic E-state index is 6.35. The van der Waals surface area contributed by atoms with E-state index in [9.17, 15) is 0 Å². The van der Waals surface area contributed by atoms with Crippen molar-refractivity contribution in [3.05, 3.63) is 81.3 Å². The Morgan fingerprint density at radius 3 is 2.16 bits per heavy atom. The SMILES string of the molecule is Cc1c(-c2c(Cl)cccc2Cl)oc2cc(-c3ccccc3Cl)ccc12. The number of halogens is 3. The molecular formula is C21H13Cl3O. The number of rotatable bonds is 2. The van der Waals surface area contributed by atoms with Crippen LogP contribution in [0.25, 0.3) is 33.4 Å². The fourth-order valence-electron chi connectivity index (χ4n) is 3.04. The van der Waals surface area contributed by atoms with Crippen LogP contribution in [0.5, 0.6) is 0 Å². The van der Waals surface area contributed by atoms with Crippen molar-refractivity contribution in [1.82, 2.24) is 0 Å². The Hall–Kier alpha value is -1.93. The number of hydrogen-bond acceptors (Lipinski definition) is 1. The van der Waals surface area contributed by atoms with Gasteiger partial charge in [-0.25, -0.2) is 0 Å². The maximum Gasteiger partial charge on any atom is 0.141 e. The van der Waals surface area contributed by atoms with Crippen molar-refractivity contribution >= 4 is 45.8 Å². The summed E-state index contributed by atoms with van der Waals surface area (Å²) in [5.41, 5.74) is 4.48. The van der Waals surface area contributed by atoms with Gasteiger partial charge < -0.3 is 4.42 Å². The van der Waals surface area contributed by atoms with Crippen LogP contribution in [0, 0.1) is 6.92 Å². The summed E-state index contributed by atoms with van der Waals surface area (Å²) in [5, 5.41) is 2.88. The van der Waals surface area contributed by atoms with E-state index in [0.29, 0.717) is 20.8 Å². The molecule has 3 aromatic carbocycles. The molecule has 1 nitrogen and oxygen atoms in total. The van der Waals surface area contributed by atoms with E-state index in [0.717, 1.165) is 33.2 Å². The van der Waals surface area contributed by atoms with Gasteiger partial charge in [-0.2, -0.15) is 0 Å². The molecule has 0 saturated carbocycles. The van der Waals surface area contributed by atoms with E-state index < -0.39 is 0 Å². The quantitative estimate of drug-likeness (QED) is 0.339. The van der Waals surface area contributed by atoms with Crippen molar-refractivity contribution < 1.29 is 4.42 Å². The summed E-state index contributed by atoms with van der Waals surface area (Å²) >= 11 is 19.0. The van der Waals surface area contributed by atoms with E-state index in [4.69, 9.17) is 39.2 Å². The number of aryl methyl sites for hydroxylation is 1. The largest absolute Gasteiger partial charge is 0.456 e. The zero-order chi connectivity index (χ0) is 17.6. The molecule has 0 aliphatic carbocycles. The first-order valence-corrected chi connectivity index (χ1v) is 8.92. The normalized spacial score (nSPS) is 11.2. The van der Waals surface area contributed by atoms with Gasteiger partial charge in [-0.15, -0.1) is 0 Å². The van der Waals surface area contributed by atoms with Crippen molar-refractivity contribution in [3.63, 3.8) is 0 Å². The molecule has 0 saturated heterocycles. The highest BCUT2D eigenvalue weighted by Crippen LogP contribution is 2.41. The van der Waals surface area contributed by atoms with Crippen molar-refractivity contribution in [2.75, 3.05) is 0 Å². The van der Waals surface area contributed by atoms with Gasteiger partial charge in [-0.1, -0.05) is 71.2 Å². The molecule has 4 aromatic rings. The van der Waals surface area contributed by atoms with Crippen LogP contribution < -0.4 is 0 Å². The van der Waals surface area contributed by atoms with Crippen LogP contribution in [0.1, 0.15) is 5.56 Å². The summed E-state index contributed by atoms with van der Waals surface area (Å²) < 4.78 is 6.14. The second kappa shape index (κ2) is 6.42. The number of furan rings is 1. The molecule has 0 bridgehead atoms. The standard InChI is InChI=1S/C21H13Cl3O/c1-12-14-10-9-13(15-5-2-3-6-16(15)22)11-19(14)25-21(12)20-17(23)7-4-8-18(20)24/h2-11H,1H3. The lowest BCUT2D eigenvalue weighted by Gasteiger charge is -2.04. The van der Waals surface area contributed by atoms with E-state index in [1.165, 1.54) is 0 Å². The lowest BCUT2D eigenvalue weighted by atomic mass is 10.0. The van der Waals surface area contributed by atoms with Gasteiger partial charge in [0.25, 0.3) is 0 Å². The second-order valence-electron chi connectivity index (χ2n) is 5.84. The second-order valence-corrected chi connectivity index (χ2v) is 7.07. The van der Waals surface area contributed by atoms with E-state index >= 15 is 0 Å². The first-order valence-electron chi connectivity index (χ1n) is 7.78. The van der Waals surface area contributed by atoms with E-state index in [2.05, 4.69) is 0 Å². The third-order valence-electron chi connectivity index (χ3n) is 4.31. The molecule has 4 heteroatoms. The Morgan fingerprint density at radius 1 is 0.760 bits per heavy atom. The Balaban J connectivity index is 1.93. The first kappa shape index (κ1) is 16.5. The lowest BCUT2D eigenvalue weighted by molar-refractivity contribution is 0.629. The average molecular weight is 388 g/mol. The predicted octanol–water partition coefficient (Wildman–Crippen LogP) is 8.04. The van der Waals surface area contributed by atoms with Crippen LogP contribution >= 0.6 is 34.8 Å². The fourth-order valence-corrected chi connectivity index (χ4v) is 3.86. The molecule has 0 amide bonds. The van der Waals surface area contributed by atoms with Gasteiger partial charge in [0.05, 0.1) is 15.6 Å². The van der Waals surface area contributed by atoms with E-state index in [1.807, 2.05) is 67.6 Å². The topological polar surface area (TPSA) is 13.1 Å². The highest BCUT2D eigenvalue weighted by molar-refractivity contribution is 6.39. The number of fused-ring (bicyclic) bond motifs is 1. The maximum absolute atomic E-state index is 6.35. The summed E-state index contributed by atoms with van der Waals surface area (Å²) in [6.45, 7) is 2.01. The predicted molar refractivity (Wildman–Crippen MR) is 107 cm³/mol. The minimum atomic E-state index is 0.570. The van der Waals surface area contributed by atoms with Crippen molar-refractivity contribution in [2.24, 2.45) is 0 Å². The Morgan fingerprint density at radius 2 is 1.44 bits per heavy atom. The molecule has 124 valence electrons. The molecule has 0 spiro atoms. The van der Waals surface area contributed by atoms with E-state index in [-0.39, 0.29) is 0 Å². The molecular weight excluding hydrogens is 375 g/mol. The van der Waals surface area contributed by atoms with Gasteiger partial charge in [0, 0.05) is 21.5 Å². The Labute approximate surface area is 160 Å². The molecule has 0 unspecified atom stereocenters. The number of benzene rings is 3. The van der Waals surface area contributed by atoms with Crippen LogP contribution in [0.3, 0.4) is 0 Å². The average Bonchev–Trinajstić information content (AvgIpc) is 2.91. The summed E-state index contributed by atoms with van der Waals surface area (Å²) in [7, 11) is 0. The third kappa shape index (κ3) is 2.83. The fraction of sp³-hybridized carbons (Fsp3) is 0.0476. The molecule has 1 aromatic heterocycles. The molecule has 0 aliphatic heterocycles. The molecule has 0 atom stereocenters. The van der Waals surface area contributed by atoms with Crippen molar-refractivity contribution in [2.45, 2.75) is 6.92 Å². The van der Waals surface area contributed by atoms with Crippen LogP contribution in [-0.4, -0.2) is 0 Å². The molecule has 0 aliphatic rings. The van der Waals surface area contributed by atoms with Crippen LogP contribution in [0.2, 0.25) is 15.1 Å². The zero-order valence-electron chi connectivity index (χ0n) is 13.3. The van der Waals surface area contributed by atoms with Crippen LogP contribution in [0.15, 0.2) is 65.1 Å². The van der Waals surface area contributed by atoms with Crippen molar-refractivity contribution in [1.29, 1.82) is 0 Å². The molecule has 1 heterocycles. The summed E-state index contributed by atoms with van der Waals surface area (Å²) in [4.78, 5) is 0. The van der Waals surface area contributed by atoms with Gasteiger partial charge in [0.15, 0.2) is 0 Å². The minimum absolute atomic E-state index is 0.570. The monoisotopic (exact) mass is 386 g/mol. The molecule has 4 rings (SSSR count). The molecule has 0 N–H and O–H groups in total.